The van der Waals surface area contributed by atoms with E-state index in [1.165, 1.54) is 30.4 Å². The van der Waals surface area contributed by atoms with Crippen molar-refractivity contribution in [1.82, 2.24) is 15.5 Å². The molecule has 0 saturated heterocycles. The largest absolute Gasteiger partial charge is 0.356 e. The van der Waals surface area contributed by atoms with Crippen LogP contribution < -0.4 is 10.6 Å². The lowest BCUT2D eigenvalue weighted by Gasteiger charge is -2.20. The molecule has 0 saturated carbocycles. The summed E-state index contributed by atoms with van der Waals surface area (Å²) in [5, 5.41) is 6.82. The SMILES string of the molecule is CCCCCNC(=NC)NCc1ccccc1CN(CC)CC. The average Bonchev–Trinajstić information content (AvgIpc) is 2.60. The van der Waals surface area contributed by atoms with Gasteiger partial charge in [0.2, 0.25) is 0 Å². The van der Waals surface area contributed by atoms with E-state index in [1.54, 1.807) is 0 Å². The average molecular weight is 319 g/mol. The van der Waals surface area contributed by atoms with Crippen molar-refractivity contribution < 1.29 is 0 Å². The highest BCUT2D eigenvalue weighted by Gasteiger charge is 2.06. The number of guanidine groups is 1. The van der Waals surface area contributed by atoms with E-state index in [2.05, 4.69) is 65.6 Å². The predicted molar refractivity (Wildman–Crippen MR) is 101 cm³/mol. The number of nitrogens with zero attached hydrogens (tertiary/aromatic N) is 2. The van der Waals surface area contributed by atoms with Crippen LogP contribution in [0.5, 0.6) is 0 Å². The zero-order chi connectivity index (χ0) is 16.9. The molecule has 1 aromatic rings. The Labute approximate surface area is 142 Å². The predicted octanol–water partition coefficient (Wildman–Crippen LogP) is 3.38. The summed E-state index contributed by atoms with van der Waals surface area (Å²) in [6, 6.07) is 8.67. The molecule has 0 aliphatic carbocycles. The fraction of sp³-hybridized carbons (Fsp3) is 0.632. The van der Waals surface area contributed by atoms with Gasteiger partial charge in [0.1, 0.15) is 0 Å². The normalized spacial score (nSPS) is 11.8. The number of nitrogens with one attached hydrogen (secondary N) is 2. The van der Waals surface area contributed by atoms with Gasteiger partial charge >= 0.3 is 0 Å². The molecular formula is C19H34N4. The first-order valence-corrected chi connectivity index (χ1v) is 8.98. The Morgan fingerprint density at radius 2 is 1.70 bits per heavy atom. The van der Waals surface area contributed by atoms with Gasteiger partial charge in [-0.05, 0) is 30.6 Å². The van der Waals surface area contributed by atoms with Crippen molar-refractivity contribution in [3.8, 4) is 0 Å². The molecule has 4 heteroatoms. The third-order valence-corrected chi connectivity index (χ3v) is 4.15. The van der Waals surface area contributed by atoms with Crippen LogP contribution in [0, 0.1) is 0 Å². The summed E-state index contributed by atoms with van der Waals surface area (Å²) in [5.41, 5.74) is 2.74. The van der Waals surface area contributed by atoms with E-state index >= 15 is 0 Å². The maximum absolute atomic E-state index is 4.31. The first-order chi connectivity index (χ1) is 11.2. The Hall–Kier alpha value is -1.55. The summed E-state index contributed by atoms with van der Waals surface area (Å²) in [5.74, 6) is 0.888. The van der Waals surface area contributed by atoms with Gasteiger partial charge in [0, 0.05) is 26.7 Å². The van der Waals surface area contributed by atoms with E-state index in [-0.39, 0.29) is 0 Å². The van der Waals surface area contributed by atoms with Crippen LogP contribution in [0.1, 0.15) is 51.2 Å². The smallest absolute Gasteiger partial charge is 0.191 e. The molecule has 0 aromatic heterocycles. The van der Waals surface area contributed by atoms with E-state index in [1.807, 2.05) is 7.05 Å². The lowest BCUT2D eigenvalue weighted by molar-refractivity contribution is 0.295. The Kier molecular flexibility index (Phi) is 10.1. The first kappa shape index (κ1) is 19.5. The molecule has 0 bridgehead atoms. The van der Waals surface area contributed by atoms with Crippen molar-refractivity contribution in [2.75, 3.05) is 26.7 Å². The van der Waals surface area contributed by atoms with Crippen LogP contribution in [0.15, 0.2) is 29.3 Å². The lowest BCUT2D eigenvalue weighted by Crippen LogP contribution is -2.37. The standard InChI is InChI=1S/C19H34N4/c1-5-8-11-14-21-19(20-4)22-15-17-12-9-10-13-18(17)16-23(6-2)7-3/h9-10,12-13H,5-8,11,14-16H2,1-4H3,(H2,20,21,22). The fourth-order valence-electron chi connectivity index (χ4n) is 2.55. The second-order valence-electron chi connectivity index (χ2n) is 5.79. The molecule has 4 nitrogen and oxygen atoms in total. The van der Waals surface area contributed by atoms with Crippen LogP contribution in [0.2, 0.25) is 0 Å². The third kappa shape index (κ3) is 7.51. The highest BCUT2D eigenvalue weighted by Crippen LogP contribution is 2.11. The number of hydrogen-bond donors (Lipinski definition) is 2. The maximum Gasteiger partial charge on any atom is 0.191 e. The molecule has 0 radical (unpaired) electrons. The van der Waals surface area contributed by atoms with E-state index in [0.717, 1.165) is 38.7 Å². The van der Waals surface area contributed by atoms with Gasteiger partial charge in [-0.15, -0.1) is 0 Å². The summed E-state index contributed by atoms with van der Waals surface area (Å²) in [4.78, 5) is 6.75. The molecule has 23 heavy (non-hydrogen) atoms. The second kappa shape index (κ2) is 11.9. The topological polar surface area (TPSA) is 39.7 Å². The second-order valence-corrected chi connectivity index (χ2v) is 5.79. The van der Waals surface area contributed by atoms with Gasteiger partial charge in [-0.2, -0.15) is 0 Å². The van der Waals surface area contributed by atoms with Gasteiger partial charge in [-0.25, -0.2) is 0 Å². The minimum absolute atomic E-state index is 0.810. The maximum atomic E-state index is 4.31. The molecule has 0 heterocycles. The molecule has 0 aliphatic heterocycles. The van der Waals surface area contributed by atoms with Crippen molar-refractivity contribution in [3.63, 3.8) is 0 Å². The molecule has 0 fully saturated rings. The molecule has 0 unspecified atom stereocenters. The highest BCUT2D eigenvalue weighted by molar-refractivity contribution is 5.79. The van der Waals surface area contributed by atoms with Gasteiger partial charge in [-0.1, -0.05) is 57.9 Å². The van der Waals surface area contributed by atoms with Gasteiger partial charge in [0.25, 0.3) is 0 Å². The van der Waals surface area contributed by atoms with Crippen LogP contribution in [-0.2, 0) is 13.1 Å². The molecule has 1 rings (SSSR count). The summed E-state index contributed by atoms with van der Waals surface area (Å²) < 4.78 is 0. The first-order valence-electron chi connectivity index (χ1n) is 8.98. The molecule has 2 N–H and O–H groups in total. The number of rotatable bonds is 10. The molecule has 130 valence electrons. The minimum atomic E-state index is 0.810. The van der Waals surface area contributed by atoms with Crippen molar-refractivity contribution in [2.45, 2.75) is 53.1 Å². The minimum Gasteiger partial charge on any atom is -0.356 e. The zero-order valence-electron chi connectivity index (χ0n) is 15.4. The van der Waals surface area contributed by atoms with E-state index in [0.29, 0.717) is 0 Å². The van der Waals surface area contributed by atoms with Crippen LogP contribution >= 0.6 is 0 Å². The molecule has 0 amide bonds. The summed E-state index contributed by atoms with van der Waals surface area (Å²) >= 11 is 0. The van der Waals surface area contributed by atoms with E-state index in [9.17, 15) is 0 Å². The number of unbranched alkanes of at least 4 members (excludes halogenated alkanes) is 2. The van der Waals surface area contributed by atoms with E-state index in [4.69, 9.17) is 0 Å². The van der Waals surface area contributed by atoms with Crippen LogP contribution in [0.3, 0.4) is 0 Å². The Morgan fingerprint density at radius 3 is 2.30 bits per heavy atom. The van der Waals surface area contributed by atoms with Crippen LogP contribution in [0.4, 0.5) is 0 Å². The Balaban J connectivity index is 2.55. The third-order valence-electron chi connectivity index (χ3n) is 4.15. The van der Waals surface area contributed by atoms with Crippen molar-refractivity contribution >= 4 is 5.96 Å². The van der Waals surface area contributed by atoms with Crippen LogP contribution in [-0.4, -0.2) is 37.5 Å². The van der Waals surface area contributed by atoms with Gasteiger partial charge in [-0.3, -0.25) is 9.89 Å². The molecule has 0 atom stereocenters. The molecular weight excluding hydrogens is 284 g/mol. The Bertz CT molecular complexity index is 452. The number of benzene rings is 1. The van der Waals surface area contributed by atoms with Crippen LogP contribution in [0.25, 0.3) is 0 Å². The van der Waals surface area contributed by atoms with Gasteiger partial charge < -0.3 is 10.6 Å². The highest BCUT2D eigenvalue weighted by atomic mass is 15.2. The van der Waals surface area contributed by atoms with Gasteiger partial charge in [0.05, 0.1) is 0 Å². The number of hydrogen-bond acceptors (Lipinski definition) is 2. The molecule has 0 spiro atoms. The van der Waals surface area contributed by atoms with Crippen molar-refractivity contribution in [2.24, 2.45) is 4.99 Å². The fourth-order valence-corrected chi connectivity index (χ4v) is 2.55. The quantitative estimate of drug-likeness (QED) is 0.395. The summed E-state index contributed by atoms with van der Waals surface area (Å²) in [6.45, 7) is 11.6. The van der Waals surface area contributed by atoms with Crippen molar-refractivity contribution in [1.29, 1.82) is 0 Å². The number of aliphatic imine (C=N–C) groups is 1. The molecule has 1 aromatic carbocycles. The lowest BCUT2D eigenvalue weighted by atomic mass is 10.1. The summed E-state index contributed by atoms with van der Waals surface area (Å²) in [6.07, 6.45) is 3.69. The molecule has 0 aliphatic rings. The van der Waals surface area contributed by atoms with E-state index < -0.39 is 0 Å². The van der Waals surface area contributed by atoms with Gasteiger partial charge in [0.15, 0.2) is 5.96 Å². The summed E-state index contributed by atoms with van der Waals surface area (Å²) in [7, 11) is 1.83. The Morgan fingerprint density at radius 1 is 1.00 bits per heavy atom. The van der Waals surface area contributed by atoms with Crippen molar-refractivity contribution in [3.05, 3.63) is 35.4 Å². The monoisotopic (exact) mass is 318 g/mol. The zero-order valence-corrected chi connectivity index (χ0v) is 15.4.